The van der Waals surface area contributed by atoms with Gasteiger partial charge in [0.1, 0.15) is 5.82 Å². The summed E-state index contributed by atoms with van der Waals surface area (Å²) in [6.45, 7) is 0.585. The number of rotatable bonds is 3. The molecule has 0 aliphatic heterocycles. The number of nitrogens with two attached hydrogens (primary N) is 1. The quantitative estimate of drug-likeness (QED) is 0.798. The number of aryl methyl sites for hydroxylation is 1. The molecule has 4 heteroatoms. The minimum absolute atomic E-state index is 0.585. The van der Waals surface area contributed by atoms with Gasteiger partial charge in [0.2, 0.25) is 5.88 Å². The Kier molecular flexibility index (Phi) is 3.16. The van der Waals surface area contributed by atoms with Crippen molar-refractivity contribution in [1.82, 2.24) is 9.97 Å². The van der Waals surface area contributed by atoms with Gasteiger partial charge in [-0.05, 0) is 32.2 Å². The summed E-state index contributed by atoms with van der Waals surface area (Å²) < 4.78 is 5.31. The summed E-state index contributed by atoms with van der Waals surface area (Å²) in [5.41, 5.74) is 7.87. The van der Waals surface area contributed by atoms with Crippen LogP contribution in [0.1, 0.15) is 29.9 Å². The standard InChI is InChI=1S/C11H17N3O/c1-15-11-8-4-2-3-5-9(8)13-10(14-11)6-7-12/h2-7,12H2,1H3. The van der Waals surface area contributed by atoms with Crippen LogP contribution < -0.4 is 10.5 Å². The molecule has 2 rings (SSSR count). The summed E-state index contributed by atoms with van der Waals surface area (Å²) in [6.07, 6.45) is 5.25. The largest absolute Gasteiger partial charge is 0.481 e. The van der Waals surface area contributed by atoms with E-state index in [1.54, 1.807) is 7.11 Å². The Hall–Kier alpha value is -1.16. The molecule has 1 aliphatic carbocycles. The zero-order valence-corrected chi connectivity index (χ0v) is 9.12. The molecule has 0 atom stereocenters. The molecule has 0 bridgehead atoms. The third-order valence-corrected chi connectivity index (χ3v) is 2.75. The molecule has 1 aromatic rings. The third kappa shape index (κ3) is 2.09. The highest BCUT2D eigenvalue weighted by Gasteiger charge is 2.17. The maximum Gasteiger partial charge on any atom is 0.219 e. The van der Waals surface area contributed by atoms with E-state index in [-0.39, 0.29) is 0 Å². The van der Waals surface area contributed by atoms with Crippen molar-refractivity contribution < 1.29 is 4.74 Å². The number of aromatic nitrogens is 2. The van der Waals surface area contributed by atoms with Crippen LogP contribution in [0.4, 0.5) is 0 Å². The normalized spacial score (nSPS) is 14.8. The average Bonchev–Trinajstić information content (AvgIpc) is 2.28. The first-order valence-corrected chi connectivity index (χ1v) is 5.48. The van der Waals surface area contributed by atoms with Crippen LogP contribution >= 0.6 is 0 Å². The van der Waals surface area contributed by atoms with Crippen LogP contribution in [0.25, 0.3) is 0 Å². The molecule has 0 unspecified atom stereocenters. The van der Waals surface area contributed by atoms with Crippen LogP contribution in [0.5, 0.6) is 5.88 Å². The highest BCUT2D eigenvalue weighted by atomic mass is 16.5. The molecular weight excluding hydrogens is 190 g/mol. The van der Waals surface area contributed by atoms with E-state index in [2.05, 4.69) is 9.97 Å². The van der Waals surface area contributed by atoms with E-state index in [0.717, 1.165) is 36.7 Å². The molecule has 1 aromatic heterocycles. The number of hydrogen-bond donors (Lipinski definition) is 1. The fourth-order valence-electron chi connectivity index (χ4n) is 2.02. The predicted molar refractivity (Wildman–Crippen MR) is 58.0 cm³/mol. The SMILES string of the molecule is COc1nc(CCN)nc2c1CCCC2. The van der Waals surface area contributed by atoms with Crippen molar-refractivity contribution in [3.05, 3.63) is 17.1 Å². The van der Waals surface area contributed by atoms with Gasteiger partial charge in [-0.1, -0.05) is 0 Å². The number of methoxy groups -OCH3 is 1. The van der Waals surface area contributed by atoms with E-state index in [0.29, 0.717) is 6.54 Å². The lowest BCUT2D eigenvalue weighted by atomic mass is 9.97. The Morgan fingerprint density at radius 3 is 2.80 bits per heavy atom. The summed E-state index contributed by atoms with van der Waals surface area (Å²) in [7, 11) is 1.67. The second kappa shape index (κ2) is 4.57. The summed E-state index contributed by atoms with van der Waals surface area (Å²) >= 11 is 0. The van der Waals surface area contributed by atoms with Crippen LogP contribution in [-0.4, -0.2) is 23.6 Å². The fourth-order valence-corrected chi connectivity index (χ4v) is 2.02. The summed E-state index contributed by atoms with van der Waals surface area (Å²) in [5.74, 6) is 1.57. The van der Waals surface area contributed by atoms with Gasteiger partial charge in [0.25, 0.3) is 0 Å². The zero-order chi connectivity index (χ0) is 10.7. The highest BCUT2D eigenvalue weighted by molar-refractivity contribution is 5.33. The van der Waals surface area contributed by atoms with Gasteiger partial charge in [0, 0.05) is 12.0 Å². The lowest BCUT2D eigenvalue weighted by molar-refractivity contribution is 0.384. The molecule has 0 saturated heterocycles. The first-order chi connectivity index (χ1) is 7.35. The fraction of sp³-hybridized carbons (Fsp3) is 0.636. The zero-order valence-electron chi connectivity index (χ0n) is 9.12. The van der Waals surface area contributed by atoms with E-state index >= 15 is 0 Å². The maximum atomic E-state index is 5.51. The molecule has 0 aromatic carbocycles. The molecule has 1 heterocycles. The molecule has 1 aliphatic rings. The molecule has 0 amide bonds. The highest BCUT2D eigenvalue weighted by Crippen LogP contribution is 2.26. The van der Waals surface area contributed by atoms with Gasteiger partial charge in [0.15, 0.2) is 0 Å². The minimum atomic E-state index is 0.585. The molecule has 0 fully saturated rings. The molecule has 0 saturated carbocycles. The minimum Gasteiger partial charge on any atom is -0.481 e. The van der Waals surface area contributed by atoms with Crippen molar-refractivity contribution in [2.24, 2.45) is 5.73 Å². The number of ether oxygens (including phenoxy) is 1. The van der Waals surface area contributed by atoms with Gasteiger partial charge in [-0.15, -0.1) is 0 Å². The summed E-state index contributed by atoms with van der Waals surface area (Å²) in [6, 6.07) is 0. The predicted octanol–water partition coefficient (Wildman–Crippen LogP) is 0.865. The molecular formula is C11H17N3O. The van der Waals surface area contributed by atoms with Crippen LogP contribution in [0, 0.1) is 0 Å². The van der Waals surface area contributed by atoms with Crippen molar-refractivity contribution in [1.29, 1.82) is 0 Å². The maximum absolute atomic E-state index is 5.51. The van der Waals surface area contributed by atoms with Gasteiger partial charge in [-0.25, -0.2) is 4.98 Å². The first-order valence-electron chi connectivity index (χ1n) is 5.48. The van der Waals surface area contributed by atoms with Crippen LogP contribution in [-0.2, 0) is 19.3 Å². The third-order valence-electron chi connectivity index (χ3n) is 2.75. The van der Waals surface area contributed by atoms with Crippen molar-refractivity contribution in [2.45, 2.75) is 32.1 Å². The second-order valence-corrected chi connectivity index (χ2v) is 3.82. The number of fused-ring (bicyclic) bond motifs is 1. The van der Waals surface area contributed by atoms with Gasteiger partial charge < -0.3 is 10.5 Å². The first kappa shape index (κ1) is 10.4. The molecule has 0 radical (unpaired) electrons. The topological polar surface area (TPSA) is 61.0 Å². The van der Waals surface area contributed by atoms with E-state index < -0.39 is 0 Å². The van der Waals surface area contributed by atoms with Crippen LogP contribution in [0.15, 0.2) is 0 Å². The Morgan fingerprint density at radius 2 is 2.07 bits per heavy atom. The lowest BCUT2D eigenvalue weighted by Gasteiger charge is -2.17. The van der Waals surface area contributed by atoms with Crippen molar-refractivity contribution in [3.63, 3.8) is 0 Å². The van der Waals surface area contributed by atoms with Gasteiger partial charge in [-0.3, -0.25) is 0 Å². The van der Waals surface area contributed by atoms with Gasteiger partial charge in [-0.2, -0.15) is 4.98 Å². The average molecular weight is 207 g/mol. The Balaban J connectivity index is 2.38. The molecule has 0 spiro atoms. The number of hydrogen-bond acceptors (Lipinski definition) is 4. The molecule has 82 valence electrons. The monoisotopic (exact) mass is 207 g/mol. The van der Waals surface area contributed by atoms with Gasteiger partial charge >= 0.3 is 0 Å². The van der Waals surface area contributed by atoms with Gasteiger partial charge in [0.05, 0.1) is 12.8 Å². The Labute approximate surface area is 89.9 Å². The van der Waals surface area contributed by atoms with Crippen LogP contribution in [0.2, 0.25) is 0 Å². The van der Waals surface area contributed by atoms with E-state index in [9.17, 15) is 0 Å². The van der Waals surface area contributed by atoms with E-state index in [1.165, 1.54) is 18.4 Å². The Morgan fingerprint density at radius 1 is 1.27 bits per heavy atom. The lowest BCUT2D eigenvalue weighted by Crippen LogP contribution is -2.14. The van der Waals surface area contributed by atoms with Crippen molar-refractivity contribution >= 4 is 0 Å². The van der Waals surface area contributed by atoms with E-state index in [4.69, 9.17) is 10.5 Å². The smallest absolute Gasteiger partial charge is 0.219 e. The number of nitrogens with zero attached hydrogens (tertiary/aromatic N) is 2. The van der Waals surface area contributed by atoms with Crippen molar-refractivity contribution in [2.75, 3.05) is 13.7 Å². The second-order valence-electron chi connectivity index (χ2n) is 3.82. The summed E-state index contributed by atoms with van der Waals surface area (Å²) in [5, 5.41) is 0. The molecule has 15 heavy (non-hydrogen) atoms. The molecule has 4 nitrogen and oxygen atoms in total. The van der Waals surface area contributed by atoms with Crippen molar-refractivity contribution in [3.8, 4) is 5.88 Å². The van der Waals surface area contributed by atoms with Crippen LogP contribution in [0.3, 0.4) is 0 Å². The Bertz CT molecular complexity index is 335. The molecule has 2 N–H and O–H groups in total. The summed E-state index contributed by atoms with van der Waals surface area (Å²) in [4.78, 5) is 8.92. The van der Waals surface area contributed by atoms with E-state index in [1.807, 2.05) is 0 Å².